The van der Waals surface area contributed by atoms with Gasteiger partial charge in [-0.15, -0.1) is 0 Å². The minimum atomic E-state index is 0.922. The lowest BCUT2D eigenvalue weighted by Gasteiger charge is -2.17. The second-order valence-electron chi connectivity index (χ2n) is 8.60. The van der Waals surface area contributed by atoms with Crippen LogP contribution in [0.15, 0.2) is 115 Å². The Hall–Kier alpha value is -3.97. The van der Waals surface area contributed by atoms with Crippen molar-refractivity contribution in [1.82, 2.24) is 4.98 Å². The number of aromatic nitrogens is 1. The average Bonchev–Trinajstić information content (AvgIpc) is 2.93. The number of rotatable bonds is 6. The number of hydrogen-bond donors (Lipinski definition) is 0. The first kappa shape index (κ1) is 21.9. The Bertz CT molecular complexity index is 1320. The van der Waals surface area contributed by atoms with Crippen LogP contribution < -0.4 is 0 Å². The number of pyridine rings is 1. The topological polar surface area (TPSA) is 12.9 Å². The third-order valence-electron chi connectivity index (χ3n) is 6.46. The summed E-state index contributed by atoms with van der Waals surface area (Å²) in [5.74, 6) is 0. The highest BCUT2D eigenvalue weighted by atomic mass is 14.7. The fourth-order valence-corrected chi connectivity index (χ4v) is 4.58. The summed E-state index contributed by atoms with van der Waals surface area (Å²) < 4.78 is 0. The van der Waals surface area contributed by atoms with Crippen LogP contribution in [0.3, 0.4) is 0 Å². The molecule has 0 bridgehead atoms. The van der Waals surface area contributed by atoms with E-state index in [2.05, 4.69) is 129 Å². The number of nitrogens with zero attached hydrogens (tertiary/aromatic N) is 1. The Balaban J connectivity index is 1.69. The molecule has 4 aromatic carbocycles. The molecule has 1 nitrogen and oxygen atoms in total. The van der Waals surface area contributed by atoms with Gasteiger partial charge in [0.1, 0.15) is 0 Å². The first-order valence-corrected chi connectivity index (χ1v) is 12.1. The Morgan fingerprint density at radius 3 is 1.76 bits per heavy atom. The van der Waals surface area contributed by atoms with E-state index in [1.54, 1.807) is 0 Å². The Labute approximate surface area is 202 Å². The maximum Gasteiger partial charge on any atom is 0.0747 e. The quantitative estimate of drug-likeness (QED) is 0.257. The van der Waals surface area contributed by atoms with E-state index < -0.39 is 0 Å². The van der Waals surface area contributed by atoms with Gasteiger partial charge >= 0.3 is 0 Å². The predicted molar refractivity (Wildman–Crippen MR) is 145 cm³/mol. The van der Waals surface area contributed by atoms with E-state index in [0.29, 0.717) is 0 Å². The molecule has 0 aliphatic carbocycles. The first-order chi connectivity index (χ1) is 16.8. The zero-order valence-electron chi connectivity index (χ0n) is 19.8. The molecule has 5 aromatic rings. The van der Waals surface area contributed by atoms with Crippen molar-refractivity contribution < 1.29 is 0 Å². The van der Waals surface area contributed by atoms with E-state index >= 15 is 0 Å². The average molecular weight is 440 g/mol. The minimum Gasteiger partial charge on any atom is -0.247 e. The van der Waals surface area contributed by atoms with E-state index in [-0.39, 0.29) is 0 Å². The lowest BCUT2D eigenvalue weighted by atomic mass is 9.92. The van der Waals surface area contributed by atoms with Gasteiger partial charge in [-0.05, 0) is 58.4 Å². The molecule has 5 rings (SSSR count). The molecule has 0 fully saturated rings. The molecule has 0 atom stereocenters. The Morgan fingerprint density at radius 2 is 1.12 bits per heavy atom. The van der Waals surface area contributed by atoms with E-state index in [0.717, 1.165) is 35.4 Å². The van der Waals surface area contributed by atoms with Crippen molar-refractivity contribution in [3.05, 3.63) is 126 Å². The van der Waals surface area contributed by atoms with Gasteiger partial charge in [-0.3, -0.25) is 0 Å². The first-order valence-electron chi connectivity index (χ1n) is 12.1. The zero-order valence-corrected chi connectivity index (χ0v) is 19.8. The molecule has 0 spiro atoms. The molecule has 1 aromatic heterocycles. The van der Waals surface area contributed by atoms with Gasteiger partial charge < -0.3 is 0 Å². The molecular formula is C33H29N. The van der Waals surface area contributed by atoms with Crippen molar-refractivity contribution in [2.75, 3.05) is 0 Å². The van der Waals surface area contributed by atoms with Crippen LogP contribution in [-0.4, -0.2) is 4.98 Å². The monoisotopic (exact) mass is 439 g/mol. The van der Waals surface area contributed by atoms with Crippen LogP contribution in [0, 0.1) is 0 Å². The smallest absolute Gasteiger partial charge is 0.0747 e. The SMILES string of the molecule is CCc1ccc(-c2cccc(-c3cc(-c4ccccc4)c(CC)c(-c4ccccc4)n3)c2)cc1. The Morgan fingerprint density at radius 1 is 0.500 bits per heavy atom. The van der Waals surface area contributed by atoms with Gasteiger partial charge in [0, 0.05) is 11.1 Å². The largest absolute Gasteiger partial charge is 0.247 e. The molecule has 0 unspecified atom stereocenters. The maximum absolute atomic E-state index is 5.23. The lowest BCUT2D eigenvalue weighted by Crippen LogP contribution is -1.99. The summed E-state index contributed by atoms with van der Waals surface area (Å²) in [5.41, 5.74) is 11.9. The molecule has 0 aliphatic rings. The normalized spacial score (nSPS) is 10.9. The van der Waals surface area contributed by atoms with Crippen molar-refractivity contribution in [3.8, 4) is 44.8 Å². The van der Waals surface area contributed by atoms with Crippen LogP contribution in [0.5, 0.6) is 0 Å². The van der Waals surface area contributed by atoms with Crippen LogP contribution in [0.2, 0.25) is 0 Å². The summed E-state index contributed by atoms with van der Waals surface area (Å²) in [4.78, 5) is 5.23. The molecule has 0 amide bonds. The third-order valence-corrected chi connectivity index (χ3v) is 6.46. The van der Waals surface area contributed by atoms with Crippen molar-refractivity contribution in [2.45, 2.75) is 26.7 Å². The predicted octanol–water partition coefficient (Wildman–Crippen LogP) is 8.87. The molecule has 0 saturated heterocycles. The standard InChI is InChI=1S/C33H29N/c1-3-24-18-20-25(21-19-24)28-16-11-17-29(22-28)32-23-31(26-12-7-5-8-13-26)30(4-2)33(34-32)27-14-9-6-10-15-27/h5-23H,3-4H2,1-2H3. The Kier molecular flexibility index (Phi) is 6.35. The minimum absolute atomic E-state index is 0.922. The highest BCUT2D eigenvalue weighted by Gasteiger charge is 2.16. The van der Waals surface area contributed by atoms with Crippen LogP contribution in [0.25, 0.3) is 44.8 Å². The van der Waals surface area contributed by atoms with Gasteiger partial charge in [-0.25, -0.2) is 4.98 Å². The second-order valence-corrected chi connectivity index (χ2v) is 8.60. The molecule has 0 saturated carbocycles. The lowest BCUT2D eigenvalue weighted by molar-refractivity contribution is 1.11. The van der Waals surface area contributed by atoms with Crippen LogP contribution >= 0.6 is 0 Å². The van der Waals surface area contributed by atoms with Gasteiger partial charge in [0.05, 0.1) is 11.4 Å². The molecule has 1 heterocycles. The molecule has 166 valence electrons. The summed E-state index contributed by atoms with van der Waals surface area (Å²) >= 11 is 0. The van der Waals surface area contributed by atoms with Gasteiger partial charge in [0.25, 0.3) is 0 Å². The van der Waals surface area contributed by atoms with Crippen LogP contribution in [0.1, 0.15) is 25.0 Å². The highest BCUT2D eigenvalue weighted by molar-refractivity contribution is 5.82. The molecule has 34 heavy (non-hydrogen) atoms. The van der Waals surface area contributed by atoms with Gasteiger partial charge in [-0.1, -0.05) is 117 Å². The fourth-order valence-electron chi connectivity index (χ4n) is 4.58. The third kappa shape index (κ3) is 4.43. The maximum atomic E-state index is 5.23. The summed E-state index contributed by atoms with van der Waals surface area (Å²) in [5, 5.41) is 0. The van der Waals surface area contributed by atoms with E-state index in [1.807, 2.05) is 0 Å². The fraction of sp³-hybridized carbons (Fsp3) is 0.121. The van der Waals surface area contributed by atoms with Crippen LogP contribution in [-0.2, 0) is 12.8 Å². The van der Waals surface area contributed by atoms with Crippen molar-refractivity contribution in [1.29, 1.82) is 0 Å². The summed E-state index contributed by atoms with van der Waals surface area (Å²) in [6.45, 7) is 4.41. The van der Waals surface area contributed by atoms with Crippen molar-refractivity contribution >= 4 is 0 Å². The van der Waals surface area contributed by atoms with Gasteiger partial charge in [0.2, 0.25) is 0 Å². The molecule has 0 aliphatic heterocycles. The van der Waals surface area contributed by atoms with Gasteiger partial charge in [0.15, 0.2) is 0 Å². The summed E-state index contributed by atoms with van der Waals surface area (Å²) in [6, 6.07) is 41.1. The van der Waals surface area contributed by atoms with Crippen molar-refractivity contribution in [2.24, 2.45) is 0 Å². The summed E-state index contributed by atoms with van der Waals surface area (Å²) in [7, 11) is 0. The molecule has 0 N–H and O–H groups in total. The van der Waals surface area contributed by atoms with E-state index in [4.69, 9.17) is 4.98 Å². The summed E-state index contributed by atoms with van der Waals surface area (Å²) in [6.07, 6.45) is 1.98. The second kappa shape index (κ2) is 9.89. The number of benzene rings is 4. The molecule has 0 radical (unpaired) electrons. The number of hydrogen-bond acceptors (Lipinski definition) is 1. The molecule has 1 heteroatoms. The highest BCUT2D eigenvalue weighted by Crippen LogP contribution is 2.36. The van der Waals surface area contributed by atoms with E-state index in [9.17, 15) is 0 Å². The molecular weight excluding hydrogens is 410 g/mol. The van der Waals surface area contributed by atoms with Crippen LogP contribution in [0.4, 0.5) is 0 Å². The number of aryl methyl sites for hydroxylation is 1. The van der Waals surface area contributed by atoms with Gasteiger partial charge in [-0.2, -0.15) is 0 Å². The zero-order chi connectivity index (χ0) is 23.3. The van der Waals surface area contributed by atoms with E-state index in [1.165, 1.54) is 33.4 Å². The van der Waals surface area contributed by atoms with Crippen molar-refractivity contribution in [3.63, 3.8) is 0 Å².